The van der Waals surface area contributed by atoms with Crippen molar-refractivity contribution >= 4 is 34.2 Å². The third-order valence-corrected chi connectivity index (χ3v) is 3.70. The predicted octanol–water partition coefficient (Wildman–Crippen LogP) is 3.70. The number of anilines is 1. The number of hydrogen-bond donors (Lipinski definition) is 2. The molecule has 20 heavy (non-hydrogen) atoms. The Morgan fingerprint density at radius 2 is 1.90 bits per heavy atom. The van der Waals surface area contributed by atoms with Crippen LogP contribution in [0.1, 0.15) is 28.9 Å². The van der Waals surface area contributed by atoms with Gasteiger partial charge in [-0.1, -0.05) is 12.1 Å². The molecule has 1 amide bonds. The lowest BCUT2D eigenvalue weighted by Crippen LogP contribution is -2.14. The largest absolute Gasteiger partial charge is 0.378 e. The van der Waals surface area contributed by atoms with Crippen molar-refractivity contribution in [1.82, 2.24) is 0 Å². The van der Waals surface area contributed by atoms with Gasteiger partial charge in [0.1, 0.15) is 5.82 Å². The first-order valence-corrected chi connectivity index (χ1v) is 7.16. The molecule has 0 radical (unpaired) electrons. The van der Waals surface area contributed by atoms with E-state index in [4.69, 9.17) is 5.73 Å². The number of amides is 1. The Bertz CT molecular complexity index is 628. The first-order chi connectivity index (χ1) is 9.47. The Kier molecular flexibility index (Phi) is 4.59. The molecular weight excluding hydrogens is 370 g/mol. The topological polar surface area (TPSA) is 55.1 Å². The molecule has 0 saturated heterocycles. The standard InChI is InChI=1S/C15H14FIN2O/c1-9(10-2-4-11(17)5-3-10)19-12-6-7-14(16)13(8-12)15(18)20/h2-9,19H,1H3,(H2,18,20). The van der Waals surface area contributed by atoms with E-state index in [1.165, 1.54) is 12.1 Å². The van der Waals surface area contributed by atoms with Crippen molar-refractivity contribution < 1.29 is 9.18 Å². The van der Waals surface area contributed by atoms with Gasteiger partial charge in [-0.15, -0.1) is 0 Å². The van der Waals surface area contributed by atoms with Crippen LogP contribution in [0.3, 0.4) is 0 Å². The van der Waals surface area contributed by atoms with Crippen LogP contribution < -0.4 is 11.1 Å². The second-order valence-electron chi connectivity index (χ2n) is 4.48. The second-order valence-corrected chi connectivity index (χ2v) is 5.72. The molecule has 3 nitrogen and oxygen atoms in total. The Morgan fingerprint density at radius 3 is 2.50 bits per heavy atom. The minimum absolute atomic E-state index is 0.0400. The molecule has 2 aromatic rings. The highest BCUT2D eigenvalue weighted by Gasteiger charge is 2.11. The smallest absolute Gasteiger partial charge is 0.251 e. The molecule has 0 bridgehead atoms. The Balaban J connectivity index is 2.19. The van der Waals surface area contributed by atoms with Crippen LogP contribution in [0.15, 0.2) is 42.5 Å². The molecule has 3 N–H and O–H groups in total. The van der Waals surface area contributed by atoms with Gasteiger partial charge >= 0.3 is 0 Å². The van der Waals surface area contributed by atoms with E-state index in [1.54, 1.807) is 6.07 Å². The molecule has 0 aromatic heterocycles. The third kappa shape index (κ3) is 3.47. The van der Waals surface area contributed by atoms with Crippen LogP contribution in [-0.4, -0.2) is 5.91 Å². The van der Waals surface area contributed by atoms with Crippen molar-refractivity contribution in [2.24, 2.45) is 5.73 Å². The normalized spacial score (nSPS) is 11.9. The van der Waals surface area contributed by atoms with Crippen LogP contribution in [0.2, 0.25) is 0 Å². The van der Waals surface area contributed by atoms with Gasteiger partial charge in [-0.25, -0.2) is 4.39 Å². The fraction of sp³-hybridized carbons (Fsp3) is 0.133. The summed E-state index contributed by atoms with van der Waals surface area (Å²) in [5.74, 6) is -1.38. The average Bonchev–Trinajstić information content (AvgIpc) is 2.41. The Hall–Kier alpha value is -1.63. The Labute approximate surface area is 130 Å². The van der Waals surface area contributed by atoms with Crippen LogP contribution in [0, 0.1) is 9.39 Å². The van der Waals surface area contributed by atoms with E-state index in [0.717, 1.165) is 9.13 Å². The molecule has 104 valence electrons. The quantitative estimate of drug-likeness (QED) is 0.790. The minimum atomic E-state index is -0.770. The monoisotopic (exact) mass is 384 g/mol. The molecule has 0 fully saturated rings. The summed E-state index contributed by atoms with van der Waals surface area (Å²) in [6.07, 6.45) is 0. The predicted molar refractivity (Wildman–Crippen MR) is 86.1 cm³/mol. The highest BCUT2D eigenvalue weighted by atomic mass is 127. The maximum absolute atomic E-state index is 13.4. The van der Waals surface area contributed by atoms with Gasteiger partial charge in [-0.3, -0.25) is 4.79 Å². The van der Waals surface area contributed by atoms with Gasteiger partial charge < -0.3 is 11.1 Å². The summed E-state index contributed by atoms with van der Waals surface area (Å²) in [4.78, 5) is 11.1. The minimum Gasteiger partial charge on any atom is -0.378 e. The van der Waals surface area contributed by atoms with Gasteiger partial charge in [0.2, 0.25) is 0 Å². The molecule has 0 aliphatic carbocycles. The van der Waals surface area contributed by atoms with Crippen molar-refractivity contribution in [3.63, 3.8) is 0 Å². The number of nitrogens with one attached hydrogen (secondary N) is 1. The molecular formula is C15H14FIN2O. The van der Waals surface area contributed by atoms with E-state index in [2.05, 4.69) is 27.9 Å². The molecule has 2 rings (SSSR count). The number of hydrogen-bond acceptors (Lipinski definition) is 2. The first kappa shape index (κ1) is 14.8. The molecule has 2 aromatic carbocycles. The molecule has 0 aliphatic rings. The average molecular weight is 384 g/mol. The van der Waals surface area contributed by atoms with E-state index in [-0.39, 0.29) is 11.6 Å². The molecule has 1 unspecified atom stereocenters. The summed E-state index contributed by atoms with van der Waals surface area (Å²) in [6.45, 7) is 2.00. The highest BCUT2D eigenvalue weighted by Crippen LogP contribution is 2.22. The summed E-state index contributed by atoms with van der Waals surface area (Å²) in [5.41, 5.74) is 6.79. The zero-order valence-electron chi connectivity index (χ0n) is 10.9. The fourth-order valence-electron chi connectivity index (χ4n) is 1.89. The number of benzene rings is 2. The Morgan fingerprint density at radius 1 is 1.25 bits per heavy atom. The molecule has 0 saturated carbocycles. The number of carbonyl (C=O) groups is 1. The zero-order valence-corrected chi connectivity index (χ0v) is 13.0. The van der Waals surface area contributed by atoms with E-state index in [9.17, 15) is 9.18 Å². The first-order valence-electron chi connectivity index (χ1n) is 6.08. The van der Waals surface area contributed by atoms with E-state index in [1.807, 2.05) is 31.2 Å². The molecule has 1 atom stereocenters. The van der Waals surface area contributed by atoms with Crippen molar-refractivity contribution in [3.8, 4) is 0 Å². The maximum atomic E-state index is 13.4. The molecule has 5 heteroatoms. The van der Waals surface area contributed by atoms with Crippen molar-refractivity contribution in [3.05, 3.63) is 63.0 Å². The third-order valence-electron chi connectivity index (χ3n) is 2.98. The van der Waals surface area contributed by atoms with Crippen LogP contribution in [0.4, 0.5) is 10.1 Å². The van der Waals surface area contributed by atoms with E-state index < -0.39 is 11.7 Å². The molecule has 0 spiro atoms. The van der Waals surface area contributed by atoms with Gasteiger partial charge in [0, 0.05) is 15.3 Å². The van der Waals surface area contributed by atoms with Gasteiger partial charge in [0.15, 0.2) is 0 Å². The lowest BCUT2D eigenvalue weighted by molar-refractivity contribution is 0.0996. The summed E-state index contributed by atoms with van der Waals surface area (Å²) in [5, 5.41) is 3.22. The maximum Gasteiger partial charge on any atom is 0.251 e. The summed E-state index contributed by atoms with van der Waals surface area (Å²) >= 11 is 2.25. The lowest BCUT2D eigenvalue weighted by atomic mass is 10.1. The number of primary amides is 1. The van der Waals surface area contributed by atoms with Gasteiger partial charge in [0.25, 0.3) is 5.91 Å². The van der Waals surface area contributed by atoms with Crippen LogP contribution in [-0.2, 0) is 0 Å². The number of halogens is 2. The molecule has 0 heterocycles. The fourth-order valence-corrected chi connectivity index (χ4v) is 2.25. The SMILES string of the molecule is CC(Nc1ccc(F)c(C(N)=O)c1)c1ccc(I)cc1. The van der Waals surface area contributed by atoms with Gasteiger partial charge in [0.05, 0.1) is 5.56 Å². The summed E-state index contributed by atoms with van der Waals surface area (Å²) in [6, 6.07) is 12.4. The highest BCUT2D eigenvalue weighted by molar-refractivity contribution is 14.1. The second kappa shape index (κ2) is 6.21. The van der Waals surface area contributed by atoms with Crippen molar-refractivity contribution in [1.29, 1.82) is 0 Å². The van der Waals surface area contributed by atoms with Gasteiger partial charge in [-0.2, -0.15) is 0 Å². The molecule has 0 aliphatic heterocycles. The van der Waals surface area contributed by atoms with E-state index >= 15 is 0 Å². The van der Waals surface area contributed by atoms with Crippen LogP contribution in [0.25, 0.3) is 0 Å². The zero-order chi connectivity index (χ0) is 14.7. The van der Waals surface area contributed by atoms with E-state index in [0.29, 0.717) is 5.69 Å². The summed E-state index contributed by atoms with van der Waals surface area (Å²) < 4.78 is 14.6. The summed E-state index contributed by atoms with van der Waals surface area (Å²) in [7, 11) is 0. The van der Waals surface area contributed by atoms with Crippen LogP contribution in [0.5, 0.6) is 0 Å². The number of carbonyl (C=O) groups excluding carboxylic acids is 1. The van der Waals surface area contributed by atoms with Crippen LogP contribution >= 0.6 is 22.6 Å². The number of nitrogens with two attached hydrogens (primary N) is 1. The van der Waals surface area contributed by atoms with Crippen molar-refractivity contribution in [2.45, 2.75) is 13.0 Å². The number of rotatable bonds is 4. The van der Waals surface area contributed by atoms with Crippen molar-refractivity contribution in [2.75, 3.05) is 5.32 Å². The van der Waals surface area contributed by atoms with Gasteiger partial charge in [-0.05, 0) is 65.4 Å². The lowest BCUT2D eigenvalue weighted by Gasteiger charge is -2.16.